The van der Waals surface area contributed by atoms with Gasteiger partial charge < -0.3 is 10.6 Å². The van der Waals surface area contributed by atoms with Crippen molar-refractivity contribution in [1.82, 2.24) is 20.3 Å². The standard InChI is InChI=1S/C19H21N5S/c1-2-5-14(6-3-1)17-12-22-19(25-17)24-18-13-20-11-16(23-18)9-8-15-7-4-10-21-15/h1-3,5-6,11-13,15,21H,4,7-10H2,(H,22,23,24)/t15-/m1/s1. The van der Waals surface area contributed by atoms with Crippen molar-refractivity contribution in [3.05, 3.63) is 54.6 Å². The van der Waals surface area contributed by atoms with Crippen LogP contribution in [0.5, 0.6) is 0 Å². The van der Waals surface area contributed by atoms with E-state index >= 15 is 0 Å². The second-order valence-corrected chi connectivity index (χ2v) is 7.28. The molecule has 1 aromatic carbocycles. The molecule has 5 nitrogen and oxygen atoms in total. The van der Waals surface area contributed by atoms with Gasteiger partial charge in [-0.15, -0.1) is 0 Å². The SMILES string of the molecule is c1ccc(-c2cnc(Nc3cncc(CC[C@H]4CCCN4)n3)s2)cc1. The van der Waals surface area contributed by atoms with E-state index in [1.807, 2.05) is 30.6 Å². The second kappa shape index (κ2) is 7.72. The Morgan fingerprint density at radius 3 is 2.92 bits per heavy atom. The van der Waals surface area contributed by atoms with Crippen molar-refractivity contribution in [3.63, 3.8) is 0 Å². The van der Waals surface area contributed by atoms with Crippen LogP contribution in [0.4, 0.5) is 10.9 Å². The molecule has 1 saturated heterocycles. The zero-order valence-electron chi connectivity index (χ0n) is 14.0. The van der Waals surface area contributed by atoms with Gasteiger partial charge in [0.2, 0.25) is 0 Å². The van der Waals surface area contributed by atoms with Crippen LogP contribution in [0.3, 0.4) is 0 Å². The van der Waals surface area contributed by atoms with E-state index in [0.29, 0.717) is 6.04 Å². The van der Waals surface area contributed by atoms with Gasteiger partial charge in [0.05, 0.1) is 16.8 Å². The largest absolute Gasteiger partial charge is 0.315 e. The van der Waals surface area contributed by atoms with Crippen LogP contribution in [0, 0.1) is 0 Å². The monoisotopic (exact) mass is 351 g/mol. The number of rotatable bonds is 6. The molecule has 0 radical (unpaired) electrons. The molecule has 1 aliphatic rings. The van der Waals surface area contributed by atoms with Crippen molar-refractivity contribution >= 4 is 22.3 Å². The van der Waals surface area contributed by atoms with Gasteiger partial charge in [-0.2, -0.15) is 0 Å². The number of hydrogen-bond acceptors (Lipinski definition) is 6. The van der Waals surface area contributed by atoms with Crippen LogP contribution in [0.25, 0.3) is 10.4 Å². The predicted molar refractivity (Wildman–Crippen MR) is 102 cm³/mol. The molecule has 0 saturated carbocycles. The summed E-state index contributed by atoms with van der Waals surface area (Å²) < 4.78 is 0. The Morgan fingerprint density at radius 1 is 1.16 bits per heavy atom. The van der Waals surface area contributed by atoms with Crippen LogP contribution in [-0.4, -0.2) is 27.5 Å². The second-order valence-electron chi connectivity index (χ2n) is 6.25. The molecule has 3 heterocycles. The fraction of sp³-hybridized carbons (Fsp3) is 0.316. The van der Waals surface area contributed by atoms with E-state index in [1.54, 1.807) is 17.5 Å². The molecule has 0 spiro atoms. The summed E-state index contributed by atoms with van der Waals surface area (Å²) in [5.74, 6) is 0.755. The van der Waals surface area contributed by atoms with Crippen molar-refractivity contribution in [2.45, 2.75) is 31.7 Å². The van der Waals surface area contributed by atoms with Gasteiger partial charge in [0.25, 0.3) is 0 Å². The lowest BCUT2D eigenvalue weighted by molar-refractivity contribution is 0.555. The summed E-state index contributed by atoms with van der Waals surface area (Å²) in [6.07, 6.45) is 10.1. The maximum absolute atomic E-state index is 4.68. The third kappa shape index (κ3) is 4.21. The van der Waals surface area contributed by atoms with Crippen LogP contribution < -0.4 is 10.6 Å². The average molecular weight is 351 g/mol. The fourth-order valence-corrected chi connectivity index (χ4v) is 3.92. The predicted octanol–water partition coefficient (Wildman–Crippen LogP) is 4.03. The van der Waals surface area contributed by atoms with Gasteiger partial charge in [-0.05, 0) is 37.8 Å². The number of aryl methyl sites for hydroxylation is 1. The Bertz CT molecular complexity index is 811. The molecule has 0 unspecified atom stereocenters. The molecule has 1 atom stereocenters. The summed E-state index contributed by atoms with van der Waals surface area (Å²) in [6.45, 7) is 1.14. The molecule has 128 valence electrons. The zero-order valence-corrected chi connectivity index (χ0v) is 14.8. The highest BCUT2D eigenvalue weighted by molar-refractivity contribution is 7.18. The van der Waals surface area contributed by atoms with Crippen molar-refractivity contribution < 1.29 is 0 Å². The number of nitrogens with one attached hydrogen (secondary N) is 2. The summed E-state index contributed by atoms with van der Waals surface area (Å²) in [5, 5.41) is 7.64. The normalized spacial score (nSPS) is 16.9. The zero-order chi connectivity index (χ0) is 16.9. The van der Waals surface area contributed by atoms with Gasteiger partial charge in [-0.25, -0.2) is 9.97 Å². The molecule has 6 heteroatoms. The average Bonchev–Trinajstić information content (AvgIpc) is 3.33. The van der Waals surface area contributed by atoms with Crippen LogP contribution in [0.2, 0.25) is 0 Å². The molecule has 0 bridgehead atoms. The van der Waals surface area contributed by atoms with E-state index in [-0.39, 0.29) is 0 Å². The smallest absolute Gasteiger partial charge is 0.188 e. The van der Waals surface area contributed by atoms with Crippen molar-refractivity contribution in [1.29, 1.82) is 0 Å². The van der Waals surface area contributed by atoms with Crippen LogP contribution in [0.1, 0.15) is 25.0 Å². The summed E-state index contributed by atoms with van der Waals surface area (Å²) in [5.41, 5.74) is 2.20. The highest BCUT2D eigenvalue weighted by atomic mass is 32.1. The Morgan fingerprint density at radius 2 is 2.08 bits per heavy atom. The van der Waals surface area contributed by atoms with Crippen LogP contribution >= 0.6 is 11.3 Å². The highest BCUT2D eigenvalue weighted by Gasteiger charge is 2.14. The number of anilines is 2. The Kier molecular flexibility index (Phi) is 4.99. The summed E-state index contributed by atoms with van der Waals surface area (Å²) in [4.78, 5) is 14.6. The van der Waals surface area contributed by atoms with Crippen LogP contribution in [-0.2, 0) is 6.42 Å². The third-order valence-electron chi connectivity index (χ3n) is 4.39. The molecule has 1 fully saturated rings. The quantitative estimate of drug-likeness (QED) is 0.702. The minimum absolute atomic E-state index is 0.630. The number of benzene rings is 1. The fourth-order valence-electron chi connectivity index (χ4n) is 3.09. The van der Waals surface area contributed by atoms with E-state index in [9.17, 15) is 0 Å². The molecule has 2 N–H and O–H groups in total. The highest BCUT2D eigenvalue weighted by Crippen LogP contribution is 2.29. The maximum atomic E-state index is 4.68. The Labute approximate surface area is 151 Å². The van der Waals surface area contributed by atoms with Gasteiger partial charge in [0.15, 0.2) is 10.9 Å². The molecular formula is C19H21N5S. The van der Waals surface area contributed by atoms with Gasteiger partial charge in [-0.1, -0.05) is 41.7 Å². The minimum atomic E-state index is 0.630. The number of hydrogen-bond donors (Lipinski definition) is 2. The first-order chi connectivity index (χ1) is 12.4. The lowest BCUT2D eigenvalue weighted by Crippen LogP contribution is -2.21. The minimum Gasteiger partial charge on any atom is -0.315 e. The van der Waals surface area contributed by atoms with Crippen LogP contribution in [0.15, 0.2) is 48.9 Å². The molecule has 4 rings (SSSR count). The van der Waals surface area contributed by atoms with Gasteiger partial charge in [-0.3, -0.25) is 4.98 Å². The first-order valence-corrected chi connectivity index (χ1v) is 9.51. The van der Waals surface area contributed by atoms with Crippen molar-refractivity contribution in [2.24, 2.45) is 0 Å². The van der Waals surface area contributed by atoms with Gasteiger partial charge >= 0.3 is 0 Å². The summed E-state index contributed by atoms with van der Waals surface area (Å²) in [6, 6.07) is 10.9. The van der Waals surface area contributed by atoms with Gasteiger partial charge in [0, 0.05) is 18.4 Å². The molecule has 2 aromatic heterocycles. The molecule has 25 heavy (non-hydrogen) atoms. The van der Waals surface area contributed by atoms with E-state index in [1.165, 1.54) is 18.4 Å². The number of aromatic nitrogens is 3. The summed E-state index contributed by atoms with van der Waals surface area (Å²) in [7, 11) is 0. The first-order valence-electron chi connectivity index (χ1n) is 8.69. The third-order valence-corrected chi connectivity index (χ3v) is 5.36. The Hall–Kier alpha value is -2.31. The van der Waals surface area contributed by atoms with E-state index in [4.69, 9.17) is 0 Å². The molecule has 0 aliphatic carbocycles. The topological polar surface area (TPSA) is 62.7 Å². The van der Waals surface area contributed by atoms with Crippen molar-refractivity contribution in [2.75, 3.05) is 11.9 Å². The number of thiazole rings is 1. The van der Waals surface area contributed by atoms with E-state index in [2.05, 4.69) is 37.7 Å². The maximum Gasteiger partial charge on any atom is 0.188 e. The lowest BCUT2D eigenvalue weighted by Gasteiger charge is -2.09. The molecular weight excluding hydrogens is 330 g/mol. The van der Waals surface area contributed by atoms with E-state index < -0.39 is 0 Å². The lowest BCUT2D eigenvalue weighted by atomic mass is 10.1. The molecule has 3 aromatic rings. The Balaban J connectivity index is 1.40. The number of nitrogens with zero attached hydrogens (tertiary/aromatic N) is 3. The summed E-state index contributed by atoms with van der Waals surface area (Å²) >= 11 is 1.62. The molecule has 0 amide bonds. The van der Waals surface area contributed by atoms with Crippen molar-refractivity contribution in [3.8, 4) is 10.4 Å². The van der Waals surface area contributed by atoms with Gasteiger partial charge in [0.1, 0.15) is 0 Å². The van der Waals surface area contributed by atoms with E-state index in [0.717, 1.165) is 40.9 Å². The molecule has 1 aliphatic heterocycles. The first kappa shape index (κ1) is 16.2.